The molecule has 0 aliphatic heterocycles. The summed E-state index contributed by atoms with van der Waals surface area (Å²) in [5.41, 5.74) is 1.70. The van der Waals surface area contributed by atoms with Gasteiger partial charge >= 0.3 is 0 Å². The second-order valence-electron chi connectivity index (χ2n) is 5.04. The van der Waals surface area contributed by atoms with Crippen LogP contribution in [0.2, 0.25) is 5.02 Å². The molecule has 0 unspecified atom stereocenters. The molecule has 1 atom stereocenters. The number of carbonyl (C=O) groups is 1. The van der Waals surface area contributed by atoms with Gasteiger partial charge in [0.15, 0.2) is 0 Å². The molecule has 0 radical (unpaired) electrons. The lowest BCUT2D eigenvalue weighted by atomic mass is 10.0. The molecule has 3 rings (SSSR count). The monoisotopic (exact) mass is 343 g/mol. The van der Waals surface area contributed by atoms with Crippen molar-refractivity contribution >= 4 is 34.0 Å². The highest BCUT2D eigenvalue weighted by molar-refractivity contribution is 7.15. The van der Waals surface area contributed by atoms with Crippen LogP contribution in [0, 0.1) is 0 Å². The normalized spacial score (nSPS) is 11.9. The summed E-state index contributed by atoms with van der Waals surface area (Å²) in [6.45, 7) is 2.07. The smallest absolute Gasteiger partial charge is 0.257 e. The number of hydrogen-bond acceptors (Lipinski definition) is 4. The molecule has 1 amide bonds. The van der Waals surface area contributed by atoms with Gasteiger partial charge in [-0.2, -0.15) is 0 Å². The van der Waals surface area contributed by atoms with Crippen LogP contribution in [0.25, 0.3) is 0 Å². The third-order valence-corrected chi connectivity index (χ3v) is 4.71. The Morgan fingerprint density at radius 1 is 1.09 bits per heavy atom. The molecule has 0 fully saturated rings. The molecule has 1 heterocycles. The summed E-state index contributed by atoms with van der Waals surface area (Å²) >= 11 is 7.20. The first-order chi connectivity index (χ1) is 11.1. The predicted octanol–water partition coefficient (Wildman–Crippen LogP) is 4.60. The Hall–Kier alpha value is -2.24. The minimum Gasteiger partial charge on any atom is -0.296 e. The molecule has 2 aromatic carbocycles. The molecule has 116 valence electrons. The van der Waals surface area contributed by atoms with Gasteiger partial charge in [-0.1, -0.05) is 60.2 Å². The lowest BCUT2D eigenvalue weighted by molar-refractivity contribution is 0.102. The molecule has 6 heteroatoms. The average molecular weight is 344 g/mol. The van der Waals surface area contributed by atoms with Gasteiger partial charge in [0, 0.05) is 16.5 Å². The maximum atomic E-state index is 12.2. The zero-order valence-corrected chi connectivity index (χ0v) is 13.9. The van der Waals surface area contributed by atoms with Crippen LogP contribution in [0.5, 0.6) is 0 Å². The number of rotatable bonds is 4. The van der Waals surface area contributed by atoms with Crippen LogP contribution in [0.1, 0.15) is 33.8 Å². The summed E-state index contributed by atoms with van der Waals surface area (Å²) in [7, 11) is 0. The van der Waals surface area contributed by atoms with Crippen molar-refractivity contribution in [3.8, 4) is 0 Å². The summed E-state index contributed by atoms with van der Waals surface area (Å²) in [6.07, 6.45) is 0. The second-order valence-corrected chi connectivity index (χ2v) is 6.48. The summed E-state index contributed by atoms with van der Waals surface area (Å²) in [6, 6.07) is 16.8. The van der Waals surface area contributed by atoms with Crippen molar-refractivity contribution < 1.29 is 4.79 Å². The number of nitrogens with one attached hydrogen (secondary N) is 1. The van der Waals surface area contributed by atoms with Crippen LogP contribution in [-0.2, 0) is 0 Å². The molecule has 0 saturated heterocycles. The van der Waals surface area contributed by atoms with Crippen LogP contribution in [0.3, 0.4) is 0 Å². The van der Waals surface area contributed by atoms with Crippen molar-refractivity contribution in [2.75, 3.05) is 5.32 Å². The fourth-order valence-electron chi connectivity index (χ4n) is 2.11. The number of benzene rings is 2. The summed E-state index contributed by atoms with van der Waals surface area (Å²) in [4.78, 5) is 12.2. The van der Waals surface area contributed by atoms with E-state index in [9.17, 15) is 4.79 Å². The Kier molecular flexibility index (Phi) is 4.69. The van der Waals surface area contributed by atoms with E-state index in [2.05, 4.69) is 34.6 Å². The first kappa shape index (κ1) is 15.6. The molecular formula is C17H14ClN3OS. The SMILES string of the molecule is C[C@H](c1ccccc1)c1nnc(NC(=O)c2ccc(Cl)cc2)s1. The van der Waals surface area contributed by atoms with Gasteiger partial charge in [0.2, 0.25) is 5.13 Å². The van der Waals surface area contributed by atoms with Crippen LogP contribution in [0.15, 0.2) is 54.6 Å². The quantitative estimate of drug-likeness (QED) is 0.753. The van der Waals surface area contributed by atoms with E-state index >= 15 is 0 Å². The minimum atomic E-state index is -0.225. The average Bonchev–Trinajstić information content (AvgIpc) is 3.04. The minimum absolute atomic E-state index is 0.134. The van der Waals surface area contributed by atoms with Crippen molar-refractivity contribution in [1.82, 2.24) is 10.2 Å². The van der Waals surface area contributed by atoms with Gasteiger partial charge in [-0.25, -0.2) is 0 Å². The largest absolute Gasteiger partial charge is 0.296 e. The van der Waals surface area contributed by atoms with Crippen molar-refractivity contribution in [1.29, 1.82) is 0 Å². The van der Waals surface area contributed by atoms with Crippen molar-refractivity contribution in [3.63, 3.8) is 0 Å². The number of carbonyl (C=O) groups excluding carboxylic acids is 1. The topological polar surface area (TPSA) is 54.9 Å². The standard InChI is InChI=1S/C17H14ClN3OS/c1-11(12-5-3-2-4-6-12)16-20-21-17(23-16)19-15(22)13-7-9-14(18)10-8-13/h2-11H,1H3,(H,19,21,22)/t11-/m1/s1. The van der Waals surface area contributed by atoms with E-state index in [0.717, 1.165) is 5.01 Å². The molecule has 0 saturated carbocycles. The fraction of sp³-hybridized carbons (Fsp3) is 0.118. The highest BCUT2D eigenvalue weighted by atomic mass is 35.5. The predicted molar refractivity (Wildman–Crippen MR) is 93.3 cm³/mol. The highest BCUT2D eigenvalue weighted by Gasteiger charge is 2.15. The Morgan fingerprint density at radius 2 is 1.78 bits per heavy atom. The summed E-state index contributed by atoms with van der Waals surface area (Å²) < 4.78 is 0. The number of aromatic nitrogens is 2. The zero-order valence-electron chi connectivity index (χ0n) is 12.4. The van der Waals surface area contributed by atoms with Gasteiger partial charge in [0.25, 0.3) is 5.91 Å². The third kappa shape index (κ3) is 3.75. The first-order valence-corrected chi connectivity index (χ1v) is 8.28. The highest BCUT2D eigenvalue weighted by Crippen LogP contribution is 2.28. The molecular weight excluding hydrogens is 330 g/mol. The second kappa shape index (κ2) is 6.89. The molecule has 23 heavy (non-hydrogen) atoms. The van der Waals surface area contributed by atoms with E-state index in [4.69, 9.17) is 11.6 Å². The summed E-state index contributed by atoms with van der Waals surface area (Å²) in [5.74, 6) is -0.0911. The Morgan fingerprint density at radius 3 is 2.48 bits per heavy atom. The molecule has 0 bridgehead atoms. The van der Waals surface area contributed by atoms with E-state index in [0.29, 0.717) is 15.7 Å². The number of nitrogens with zero attached hydrogens (tertiary/aromatic N) is 2. The zero-order chi connectivity index (χ0) is 16.2. The van der Waals surface area contributed by atoms with Crippen LogP contribution >= 0.6 is 22.9 Å². The number of halogens is 1. The van der Waals surface area contributed by atoms with Crippen molar-refractivity contribution in [2.24, 2.45) is 0 Å². The van der Waals surface area contributed by atoms with Gasteiger partial charge in [-0.15, -0.1) is 10.2 Å². The van der Waals surface area contributed by atoms with Gasteiger partial charge in [0.1, 0.15) is 5.01 Å². The van der Waals surface area contributed by atoms with Crippen LogP contribution in [0.4, 0.5) is 5.13 Å². The van der Waals surface area contributed by atoms with Gasteiger partial charge < -0.3 is 0 Å². The van der Waals surface area contributed by atoms with Crippen LogP contribution in [-0.4, -0.2) is 16.1 Å². The van der Waals surface area contributed by atoms with Crippen molar-refractivity contribution in [2.45, 2.75) is 12.8 Å². The molecule has 0 aliphatic carbocycles. The van der Waals surface area contributed by atoms with Gasteiger partial charge in [0.05, 0.1) is 0 Å². The van der Waals surface area contributed by atoms with Gasteiger partial charge in [-0.05, 0) is 29.8 Å². The summed E-state index contributed by atoms with van der Waals surface area (Å²) in [5, 5.41) is 13.0. The number of anilines is 1. The van der Waals surface area contributed by atoms with Crippen molar-refractivity contribution in [3.05, 3.63) is 75.8 Å². The lowest BCUT2D eigenvalue weighted by Gasteiger charge is -2.06. The molecule has 1 aromatic heterocycles. The molecule has 3 aromatic rings. The lowest BCUT2D eigenvalue weighted by Crippen LogP contribution is -2.11. The third-order valence-electron chi connectivity index (χ3n) is 3.44. The van der Waals surface area contributed by atoms with E-state index in [1.54, 1.807) is 24.3 Å². The maximum absolute atomic E-state index is 12.2. The molecule has 4 nitrogen and oxygen atoms in total. The Bertz CT molecular complexity index is 802. The fourth-order valence-corrected chi connectivity index (χ4v) is 3.06. The molecule has 0 spiro atoms. The van der Waals surface area contributed by atoms with E-state index in [1.807, 2.05) is 18.2 Å². The Labute approximate surface area is 143 Å². The van der Waals surface area contributed by atoms with E-state index in [1.165, 1.54) is 16.9 Å². The molecule has 1 N–H and O–H groups in total. The van der Waals surface area contributed by atoms with Crippen LogP contribution < -0.4 is 5.32 Å². The molecule has 0 aliphatic rings. The first-order valence-electron chi connectivity index (χ1n) is 7.09. The van der Waals surface area contributed by atoms with E-state index < -0.39 is 0 Å². The Balaban J connectivity index is 1.72. The maximum Gasteiger partial charge on any atom is 0.257 e. The number of amides is 1. The van der Waals surface area contributed by atoms with Gasteiger partial charge in [-0.3, -0.25) is 10.1 Å². The number of hydrogen-bond donors (Lipinski definition) is 1. The van der Waals surface area contributed by atoms with E-state index in [-0.39, 0.29) is 11.8 Å².